The van der Waals surface area contributed by atoms with Crippen molar-refractivity contribution < 1.29 is 9.53 Å². The molecule has 0 saturated heterocycles. The molecule has 1 unspecified atom stereocenters. The van der Waals surface area contributed by atoms with Crippen molar-refractivity contribution >= 4 is 5.97 Å². The summed E-state index contributed by atoms with van der Waals surface area (Å²) in [6.07, 6.45) is 7.81. The van der Waals surface area contributed by atoms with Crippen LogP contribution in [0.2, 0.25) is 0 Å². The van der Waals surface area contributed by atoms with E-state index in [-0.39, 0.29) is 5.97 Å². The average Bonchev–Trinajstić information content (AvgIpc) is 3.24. The molecule has 2 rings (SSSR count). The monoisotopic (exact) mass is 293 g/mol. The van der Waals surface area contributed by atoms with E-state index >= 15 is 0 Å². The molecule has 1 aliphatic rings. The molecule has 0 amide bonds. The summed E-state index contributed by atoms with van der Waals surface area (Å²) >= 11 is 0. The van der Waals surface area contributed by atoms with Crippen molar-refractivity contribution in [1.29, 1.82) is 0 Å². The quantitative estimate of drug-likeness (QED) is 0.709. The molecule has 0 radical (unpaired) electrons. The molecular formula is C16H27N3O2. The molecule has 0 bridgehead atoms. The molecule has 1 saturated carbocycles. The van der Waals surface area contributed by atoms with Crippen LogP contribution in [0.3, 0.4) is 0 Å². The lowest BCUT2D eigenvalue weighted by Crippen LogP contribution is -2.58. The number of nitrogens with zero attached hydrogens (tertiary/aromatic N) is 2. The summed E-state index contributed by atoms with van der Waals surface area (Å²) in [7, 11) is 0. The molecule has 21 heavy (non-hydrogen) atoms. The van der Waals surface area contributed by atoms with Gasteiger partial charge in [0.2, 0.25) is 0 Å². The van der Waals surface area contributed by atoms with E-state index in [2.05, 4.69) is 28.7 Å². The van der Waals surface area contributed by atoms with Gasteiger partial charge in [-0.3, -0.25) is 0 Å². The van der Waals surface area contributed by atoms with Gasteiger partial charge in [0, 0.05) is 18.8 Å². The van der Waals surface area contributed by atoms with Crippen LogP contribution < -0.4 is 5.32 Å². The molecule has 0 spiro atoms. The third-order valence-corrected chi connectivity index (χ3v) is 4.14. The summed E-state index contributed by atoms with van der Waals surface area (Å²) in [5.41, 5.74) is -0.601. The number of hydrogen-bond acceptors (Lipinski definition) is 4. The predicted molar refractivity (Wildman–Crippen MR) is 82.0 cm³/mol. The van der Waals surface area contributed by atoms with E-state index in [9.17, 15) is 4.79 Å². The maximum atomic E-state index is 12.7. The first-order valence-corrected chi connectivity index (χ1v) is 8.10. The third kappa shape index (κ3) is 3.46. The van der Waals surface area contributed by atoms with Gasteiger partial charge in [0.15, 0.2) is 0 Å². The van der Waals surface area contributed by atoms with Gasteiger partial charge >= 0.3 is 5.97 Å². The van der Waals surface area contributed by atoms with Crippen LogP contribution in [-0.2, 0) is 22.5 Å². The number of aromatic nitrogens is 2. The second-order valence-corrected chi connectivity index (χ2v) is 5.72. The van der Waals surface area contributed by atoms with Crippen LogP contribution in [0.5, 0.6) is 0 Å². The lowest BCUT2D eigenvalue weighted by Gasteiger charge is -2.33. The lowest BCUT2D eigenvalue weighted by molar-refractivity contribution is -0.153. The predicted octanol–water partition coefficient (Wildman–Crippen LogP) is 2.16. The summed E-state index contributed by atoms with van der Waals surface area (Å²) in [5, 5.41) is 3.50. The molecule has 118 valence electrons. The Morgan fingerprint density at radius 1 is 1.48 bits per heavy atom. The number of aryl methyl sites for hydroxylation is 1. The standard InChI is InChI=1S/C16H27N3O2/c1-4-9-18-16(13-7-8-13,15(20)21-6-3)12-19-11-10-17-14(19)5-2/h10-11,13,18H,4-9,12H2,1-3H3. The molecule has 5 heteroatoms. The Labute approximate surface area is 127 Å². The summed E-state index contributed by atoms with van der Waals surface area (Å²) in [6, 6.07) is 0. The van der Waals surface area contributed by atoms with Crippen LogP contribution >= 0.6 is 0 Å². The molecule has 1 heterocycles. The first-order valence-electron chi connectivity index (χ1n) is 8.10. The molecule has 5 nitrogen and oxygen atoms in total. The summed E-state index contributed by atoms with van der Waals surface area (Å²) in [4.78, 5) is 17.0. The largest absolute Gasteiger partial charge is 0.465 e. The van der Waals surface area contributed by atoms with Gasteiger partial charge in [-0.25, -0.2) is 9.78 Å². The van der Waals surface area contributed by atoms with Crippen molar-refractivity contribution in [3.63, 3.8) is 0 Å². The van der Waals surface area contributed by atoms with Crippen molar-refractivity contribution in [3.8, 4) is 0 Å². The van der Waals surface area contributed by atoms with Gasteiger partial charge in [-0.05, 0) is 38.6 Å². The molecular weight excluding hydrogens is 266 g/mol. The highest BCUT2D eigenvalue weighted by molar-refractivity contribution is 5.82. The van der Waals surface area contributed by atoms with Crippen molar-refractivity contribution in [3.05, 3.63) is 18.2 Å². The highest BCUT2D eigenvalue weighted by Crippen LogP contribution is 2.41. The Kier molecular flexibility index (Phi) is 5.39. The molecule has 1 atom stereocenters. The van der Waals surface area contributed by atoms with E-state index in [0.717, 1.165) is 38.1 Å². The van der Waals surface area contributed by atoms with Gasteiger partial charge in [0.25, 0.3) is 0 Å². The van der Waals surface area contributed by atoms with E-state index in [1.54, 1.807) is 0 Å². The zero-order valence-corrected chi connectivity index (χ0v) is 13.4. The summed E-state index contributed by atoms with van der Waals surface area (Å²) in [5.74, 6) is 1.27. The van der Waals surface area contributed by atoms with Crippen LogP contribution in [0.15, 0.2) is 12.4 Å². The highest BCUT2D eigenvalue weighted by atomic mass is 16.5. The van der Waals surface area contributed by atoms with Gasteiger partial charge < -0.3 is 14.6 Å². The van der Waals surface area contributed by atoms with Gasteiger partial charge in [0.05, 0.1) is 13.2 Å². The van der Waals surface area contributed by atoms with E-state index in [0.29, 0.717) is 19.1 Å². The van der Waals surface area contributed by atoms with Gasteiger partial charge in [-0.15, -0.1) is 0 Å². The Morgan fingerprint density at radius 2 is 2.24 bits per heavy atom. The fourth-order valence-electron chi connectivity index (χ4n) is 2.88. The number of ether oxygens (including phenoxy) is 1. The van der Waals surface area contributed by atoms with E-state index in [1.807, 2.05) is 19.3 Å². The van der Waals surface area contributed by atoms with Gasteiger partial charge in [0.1, 0.15) is 11.4 Å². The van der Waals surface area contributed by atoms with E-state index in [4.69, 9.17) is 4.74 Å². The Hall–Kier alpha value is -1.36. The van der Waals surface area contributed by atoms with Crippen molar-refractivity contribution in [1.82, 2.24) is 14.9 Å². The van der Waals surface area contributed by atoms with Crippen molar-refractivity contribution in [2.24, 2.45) is 5.92 Å². The number of esters is 1. The maximum absolute atomic E-state index is 12.7. The Morgan fingerprint density at radius 3 is 2.81 bits per heavy atom. The molecule has 1 aliphatic carbocycles. The molecule has 0 aliphatic heterocycles. The number of rotatable bonds is 9. The van der Waals surface area contributed by atoms with Crippen molar-refractivity contribution in [2.45, 2.75) is 58.5 Å². The zero-order chi connectivity index (χ0) is 15.3. The summed E-state index contributed by atoms with van der Waals surface area (Å²) in [6.45, 7) is 7.92. The minimum absolute atomic E-state index is 0.114. The molecule has 1 N–H and O–H groups in total. The van der Waals surface area contributed by atoms with Crippen LogP contribution in [0.25, 0.3) is 0 Å². The number of carbonyl (C=O) groups excluding carboxylic acids is 1. The number of hydrogen-bond donors (Lipinski definition) is 1. The minimum atomic E-state index is -0.601. The zero-order valence-electron chi connectivity index (χ0n) is 13.4. The fraction of sp³-hybridized carbons (Fsp3) is 0.750. The molecule has 1 aromatic rings. The molecule has 1 aromatic heterocycles. The third-order valence-electron chi connectivity index (χ3n) is 4.14. The molecule has 0 aromatic carbocycles. The topological polar surface area (TPSA) is 56.2 Å². The second kappa shape index (κ2) is 7.07. The fourth-order valence-corrected chi connectivity index (χ4v) is 2.88. The van der Waals surface area contributed by atoms with Gasteiger partial charge in [-0.1, -0.05) is 13.8 Å². The van der Waals surface area contributed by atoms with Crippen LogP contribution in [0.4, 0.5) is 0 Å². The summed E-state index contributed by atoms with van der Waals surface area (Å²) < 4.78 is 7.49. The van der Waals surface area contributed by atoms with Crippen LogP contribution in [0, 0.1) is 5.92 Å². The SMILES string of the molecule is CCCNC(Cn1ccnc1CC)(C(=O)OCC)C1CC1. The Bertz CT molecular complexity index is 468. The molecule has 1 fully saturated rings. The first-order chi connectivity index (χ1) is 10.2. The second-order valence-electron chi connectivity index (χ2n) is 5.72. The first kappa shape index (κ1) is 16.0. The number of carbonyl (C=O) groups is 1. The van der Waals surface area contributed by atoms with Gasteiger partial charge in [-0.2, -0.15) is 0 Å². The minimum Gasteiger partial charge on any atom is -0.465 e. The van der Waals surface area contributed by atoms with Crippen LogP contribution in [0.1, 0.15) is 45.9 Å². The van der Waals surface area contributed by atoms with E-state index in [1.165, 1.54) is 0 Å². The average molecular weight is 293 g/mol. The smallest absolute Gasteiger partial charge is 0.328 e. The lowest BCUT2D eigenvalue weighted by atomic mass is 9.92. The Balaban J connectivity index is 2.26. The van der Waals surface area contributed by atoms with E-state index < -0.39 is 5.54 Å². The maximum Gasteiger partial charge on any atom is 0.328 e. The number of nitrogens with one attached hydrogen (secondary N) is 1. The number of imidazole rings is 1. The normalized spacial score (nSPS) is 17.5. The van der Waals surface area contributed by atoms with Crippen LogP contribution in [-0.4, -0.2) is 34.2 Å². The highest BCUT2D eigenvalue weighted by Gasteiger charge is 2.52. The van der Waals surface area contributed by atoms with Crippen molar-refractivity contribution in [2.75, 3.05) is 13.2 Å².